The van der Waals surface area contributed by atoms with Gasteiger partial charge in [-0.3, -0.25) is 14.9 Å². The minimum Gasteiger partial charge on any atom is -0.477 e. The number of halogens is 1. The summed E-state index contributed by atoms with van der Waals surface area (Å²) in [6, 6.07) is 12.1. The minimum atomic E-state index is -0.581. The van der Waals surface area contributed by atoms with Gasteiger partial charge in [0.15, 0.2) is 12.4 Å². The predicted octanol–water partition coefficient (Wildman–Crippen LogP) is 3.21. The number of fused-ring (bicyclic) bond motifs is 1. The Morgan fingerprint density at radius 1 is 1.25 bits per heavy atom. The van der Waals surface area contributed by atoms with E-state index in [1.54, 1.807) is 4.90 Å². The molecule has 0 saturated carbocycles. The fraction of sp³-hybridized carbons (Fsp3) is 0.235. The van der Waals surface area contributed by atoms with Gasteiger partial charge in [0.2, 0.25) is 0 Å². The summed E-state index contributed by atoms with van der Waals surface area (Å²) in [5, 5.41) is 11.3. The number of carbonyl (C=O) groups is 1. The van der Waals surface area contributed by atoms with Gasteiger partial charge in [0.05, 0.1) is 4.92 Å². The van der Waals surface area contributed by atoms with Crippen LogP contribution in [0.3, 0.4) is 0 Å². The number of nitro groups is 1. The Balaban J connectivity index is 1.66. The van der Waals surface area contributed by atoms with Crippen molar-refractivity contribution in [1.29, 1.82) is 0 Å². The molecular weight excluding hydrogens is 332 g/mol. The molecule has 0 atom stereocenters. The molecule has 0 spiro atoms. The molecule has 0 fully saturated rings. The lowest BCUT2D eigenvalue weighted by Crippen LogP contribution is -2.38. The zero-order valence-corrected chi connectivity index (χ0v) is 13.5. The van der Waals surface area contributed by atoms with E-state index in [2.05, 4.69) is 6.07 Å². The summed E-state index contributed by atoms with van der Waals surface area (Å²) in [4.78, 5) is 24.5. The van der Waals surface area contributed by atoms with E-state index in [-0.39, 0.29) is 29.0 Å². The molecule has 0 radical (unpaired) electrons. The molecule has 1 aliphatic rings. The molecule has 3 rings (SSSR count). The van der Waals surface area contributed by atoms with E-state index >= 15 is 0 Å². The third-order valence-electron chi connectivity index (χ3n) is 3.95. The maximum atomic E-state index is 12.3. The van der Waals surface area contributed by atoms with Gasteiger partial charge in [0.25, 0.3) is 5.91 Å². The van der Waals surface area contributed by atoms with E-state index in [4.69, 9.17) is 16.3 Å². The van der Waals surface area contributed by atoms with E-state index in [0.29, 0.717) is 13.1 Å². The van der Waals surface area contributed by atoms with Gasteiger partial charge in [-0.15, -0.1) is 0 Å². The number of ether oxygens (including phenoxy) is 1. The van der Waals surface area contributed by atoms with Crippen molar-refractivity contribution in [2.45, 2.75) is 13.0 Å². The van der Waals surface area contributed by atoms with Gasteiger partial charge in [0, 0.05) is 24.2 Å². The van der Waals surface area contributed by atoms with Crippen LogP contribution >= 0.6 is 11.6 Å². The summed E-state index contributed by atoms with van der Waals surface area (Å²) < 4.78 is 5.36. The smallest absolute Gasteiger partial charge is 0.312 e. The zero-order chi connectivity index (χ0) is 17.1. The van der Waals surface area contributed by atoms with Gasteiger partial charge in [0.1, 0.15) is 0 Å². The summed E-state index contributed by atoms with van der Waals surface area (Å²) in [5.74, 6) is -0.163. The lowest BCUT2D eigenvalue weighted by atomic mass is 10.00. The molecule has 0 aromatic heterocycles. The highest BCUT2D eigenvalue weighted by molar-refractivity contribution is 6.30. The Hall–Kier alpha value is -2.60. The predicted molar refractivity (Wildman–Crippen MR) is 89.2 cm³/mol. The Morgan fingerprint density at radius 2 is 2.00 bits per heavy atom. The number of nitro benzene ring substituents is 1. The van der Waals surface area contributed by atoms with Crippen LogP contribution in [0.5, 0.6) is 5.75 Å². The second-order valence-electron chi connectivity index (χ2n) is 5.49. The van der Waals surface area contributed by atoms with E-state index in [1.165, 1.54) is 23.8 Å². The molecular formula is C17H15ClN2O4. The monoisotopic (exact) mass is 346 g/mol. The van der Waals surface area contributed by atoms with Crippen molar-refractivity contribution in [3.63, 3.8) is 0 Å². The number of benzene rings is 2. The van der Waals surface area contributed by atoms with Gasteiger partial charge in [-0.1, -0.05) is 35.9 Å². The molecule has 24 heavy (non-hydrogen) atoms. The molecule has 0 aliphatic carbocycles. The minimum absolute atomic E-state index is 0.0372. The van der Waals surface area contributed by atoms with Crippen LogP contribution in [0.1, 0.15) is 11.1 Å². The van der Waals surface area contributed by atoms with Crippen LogP contribution in [0.25, 0.3) is 0 Å². The van der Waals surface area contributed by atoms with Crippen LogP contribution in [0.2, 0.25) is 5.02 Å². The summed E-state index contributed by atoms with van der Waals surface area (Å²) in [6.45, 7) is 0.896. The fourth-order valence-electron chi connectivity index (χ4n) is 2.69. The van der Waals surface area contributed by atoms with Gasteiger partial charge in [-0.25, -0.2) is 0 Å². The first-order valence-corrected chi connectivity index (χ1v) is 7.83. The lowest BCUT2D eigenvalue weighted by molar-refractivity contribution is -0.385. The maximum Gasteiger partial charge on any atom is 0.312 e. The molecule has 2 aromatic rings. The highest BCUT2D eigenvalue weighted by atomic mass is 35.5. The third-order valence-corrected chi connectivity index (χ3v) is 4.19. The number of carbonyl (C=O) groups excluding carboxylic acids is 1. The molecule has 2 aromatic carbocycles. The molecule has 0 N–H and O–H groups in total. The highest BCUT2D eigenvalue weighted by Crippen LogP contribution is 2.30. The Kier molecular flexibility index (Phi) is 4.66. The quantitative estimate of drug-likeness (QED) is 0.629. The number of hydrogen-bond donors (Lipinski definition) is 0. The van der Waals surface area contributed by atoms with Crippen molar-refractivity contribution in [1.82, 2.24) is 4.90 Å². The first kappa shape index (κ1) is 16.3. The largest absolute Gasteiger partial charge is 0.477 e. The van der Waals surface area contributed by atoms with Crippen LogP contribution in [-0.2, 0) is 17.8 Å². The van der Waals surface area contributed by atoms with Gasteiger partial charge >= 0.3 is 5.69 Å². The van der Waals surface area contributed by atoms with Crippen LogP contribution < -0.4 is 4.74 Å². The van der Waals surface area contributed by atoms with Crippen molar-refractivity contribution in [2.75, 3.05) is 13.2 Å². The number of nitrogens with zero attached hydrogens (tertiary/aromatic N) is 2. The number of amides is 1. The van der Waals surface area contributed by atoms with Crippen LogP contribution in [0, 0.1) is 10.1 Å². The first-order valence-electron chi connectivity index (χ1n) is 7.46. The molecule has 0 bridgehead atoms. The molecule has 124 valence electrons. The summed E-state index contributed by atoms with van der Waals surface area (Å²) in [6.07, 6.45) is 0.795. The SMILES string of the molecule is O=C(COc1ccc(Cl)cc1[N+](=O)[O-])N1CCc2ccccc2C1. The van der Waals surface area contributed by atoms with Gasteiger partial charge in [-0.2, -0.15) is 0 Å². The number of rotatable bonds is 4. The van der Waals surface area contributed by atoms with E-state index in [9.17, 15) is 14.9 Å². The zero-order valence-electron chi connectivity index (χ0n) is 12.8. The standard InChI is InChI=1S/C17H15ClN2O4/c18-14-5-6-16(15(9-14)20(22)23)24-11-17(21)19-8-7-12-3-1-2-4-13(12)10-19/h1-6,9H,7-8,10-11H2. The lowest BCUT2D eigenvalue weighted by Gasteiger charge is -2.28. The molecule has 0 saturated heterocycles. The second kappa shape index (κ2) is 6.88. The van der Waals surface area contributed by atoms with Crippen molar-refractivity contribution < 1.29 is 14.5 Å². The molecule has 0 unspecified atom stereocenters. The maximum absolute atomic E-state index is 12.3. The van der Waals surface area contributed by atoms with Crippen molar-refractivity contribution in [2.24, 2.45) is 0 Å². The van der Waals surface area contributed by atoms with E-state index in [0.717, 1.165) is 12.0 Å². The Labute approximate surface area is 143 Å². The summed E-state index contributed by atoms with van der Waals surface area (Å²) >= 11 is 5.76. The molecule has 1 amide bonds. The van der Waals surface area contributed by atoms with Gasteiger partial charge in [-0.05, 0) is 29.7 Å². The normalized spacial score (nSPS) is 13.3. The fourth-order valence-corrected chi connectivity index (χ4v) is 2.86. The summed E-state index contributed by atoms with van der Waals surface area (Å²) in [7, 11) is 0. The van der Waals surface area contributed by atoms with E-state index < -0.39 is 4.92 Å². The topological polar surface area (TPSA) is 72.7 Å². The van der Waals surface area contributed by atoms with Crippen LogP contribution in [-0.4, -0.2) is 28.9 Å². The third kappa shape index (κ3) is 3.49. The van der Waals surface area contributed by atoms with Crippen molar-refractivity contribution in [3.8, 4) is 5.75 Å². The van der Waals surface area contributed by atoms with Crippen LogP contribution in [0.4, 0.5) is 5.69 Å². The van der Waals surface area contributed by atoms with Crippen molar-refractivity contribution >= 4 is 23.2 Å². The Bertz CT molecular complexity index is 794. The Morgan fingerprint density at radius 3 is 2.75 bits per heavy atom. The van der Waals surface area contributed by atoms with Gasteiger partial charge < -0.3 is 9.64 Å². The molecule has 6 nitrogen and oxygen atoms in total. The second-order valence-corrected chi connectivity index (χ2v) is 5.93. The number of hydrogen-bond acceptors (Lipinski definition) is 4. The van der Waals surface area contributed by atoms with Crippen molar-refractivity contribution in [3.05, 3.63) is 68.7 Å². The van der Waals surface area contributed by atoms with E-state index in [1.807, 2.05) is 18.2 Å². The highest BCUT2D eigenvalue weighted by Gasteiger charge is 2.22. The average molecular weight is 347 g/mol. The molecule has 1 heterocycles. The first-order chi connectivity index (χ1) is 11.5. The molecule has 1 aliphatic heterocycles. The van der Waals surface area contributed by atoms with Crippen LogP contribution in [0.15, 0.2) is 42.5 Å². The summed E-state index contributed by atoms with van der Waals surface area (Å²) in [5.41, 5.74) is 2.12. The average Bonchev–Trinajstić information content (AvgIpc) is 2.59. The molecule has 7 heteroatoms.